The van der Waals surface area contributed by atoms with Gasteiger partial charge in [-0.15, -0.1) is 0 Å². The molecule has 0 saturated heterocycles. The molecular weight excluding hydrogens is 218 g/mol. The summed E-state index contributed by atoms with van der Waals surface area (Å²) in [5.74, 6) is -1.96. The molecule has 1 atom stereocenters. The molecule has 0 spiro atoms. The predicted molar refractivity (Wildman–Crippen MR) is 59.5 cm³/mol. The first-order valence-electron chi connectivity index (χ1n) is 3.81. The summed E-state index contributed by atoms with van der Waals surface area (Å²) in [4.78, 5) is 18.5. The lowest BCUT2D eigenvalue weighted by Crippen LogP contribution is -2.03. The Balaban J connectivity index is -0.0000000655. The van der Waals surface area contributed by atoms with Gasteiger partial charge < -0.3 is 26.6 Å². The summed E-state index contributed by atoms with van der Waals surface area (Å²) in [6.45, 7) is 7.31. The van der Waals surface area contributed by atoms with Crippen molar-refractivity contribution in [2.45, 2.75) is 13.0 Å². The molecule has 0 amide bonds. The van der Waals surface area contributed by atoms with Crippen LogP contribution in [-0.2, 0) is 9.59 Å². The van der Waals surface area contributed by atoms with Crippen LogP contribution in [0.4, 0.5) is 0 Å². The first-order chi connectivity index (χ1) is 6.81. The number of carboxylic acid groups (broad SMARTS) is 2. The van der Waals surface area contributed by atoms with Gasteiger partial charge in [-0.2, -0.15) is 0 Å². The van der Waals surface area contributed by atoms with Gasteiger partial charge in [-0.05, 0) is 6.92 Å². The Morgan fingerprint density at radius 1 is 1.19 bits per heavy atom. The molecule has 0 aliphatic heterocycles. The van der Waals surface area contributed by atoms with Crippen LogP contribution in [0.15, 0.2) is 25.3 Å². The van der Waals surface area contributed by atoms with Crippen molar-refractivity contribution in [3.05, 3.63) is 25.3 Å². The third-order valence-corrected chi connectivity index (χ3v) is 0.613. The van der Waals surface area contributed by atoms with Crippen LogP contribution in [0.1, 0.15) is 6.92 Å². The minimum atomic E-state index is -0.981. The Kier molecular flexibility index (Phi) is 28.3. The van der Waals surface area contributed by atoms with E-state index in [4.69, 9.17) is 20.4 Å². The minimum Gasteiger partial charge on any atom is -0.478 e. The minimum absolute atomic E-state index is 0. The van der Waals surface area contributed by atoms with Gasteiger partial charge in [0, 0.05) is 12.2 Å². The fourth-order valence-corrected chi connectivity index (χ4v) is 0. The Labute approximate surface area is 93.9 Å². The number of aliphatic carboxylic acids is 2. The SMILES string of the molecule is C=CC(=O)O.C=CC(=O)O.CC(O)CO.N. The Bertz CT molecular complexity index is 184. The standard InChI is InChI=1S/C3H8O2.2C3H4O2.H3N/c1-3(5)2-4;2*1-2-3(4)5;/h3-5H,2H2,1H3;2*2H,1H2,(H,4,5);1H3. The van der Waals surface area contributed by atoms with Gasteiger partial charge in [-0.3, -0.25) is 0 Å². The molecule has 0 radical (unpaired) electrons. The van der Waals surface area contributed by atoms with E-state index in [1.807, 2.05) is 0 Å². The number of rotatable bonds is 3. The van der Waals surface area contributed by atoms with Crippen molar-refractivity contribution in [1.82, 2.24) is 6.15 Å². The Morgan fingerprint density at radius 2 is 1.31 bits per heavy atom. The maximum atomic E-state index is 9.25. The second kappa shape index (κ2) is 19.0. The second-order valence-corrected chi connectivity index (χ2v) is 2.12. The average molecular weight is 237 g/mol. The third-order valence-electron chi connectivity index (χ3n) is 0.613. The third kappa shape index (κ3) is 84.9. The van der Waals surface area contributed by atoms with Crippen LogP contribution in [0.2, 0.25) is 0 Å². The molecule has 1 unspecified atom stereocenters. The zero-order chi connectivity index (χ0) is 12.9. The van der Waals surface area contributed by atoms with E-state index in [0.29, 0.717) is 0 Å². The number of aliphatic hydroxyl groups excluding tert-OH is 2. The molecule has 7 heteroatoms. The van der Waals surface area contributed by atoms with Crippen molar-refractivity contribution in [2.75, 3.05) is 6.61 Å². The highest BCUT2D eigenvalue weighted by Crippen LogP contribution is 1.68. The smallest absolute Gasteiger partial charge is 0.327 e. The van der Waals surface area contributed by atoms with Crippen LogP contribution < -0.4 is 6.15 Å². The maximum Gasteiger partial charge on any atom is 0.327 e. The first-order valence-corrected chi connectivity index (χ1v) is 3.81. The molecular formula is C9H19NO6. The summed E-state index contributed by atoms with van der Waals surface area (Å²) in [5.41, 5.74) is 0. The van der Waals surface area contributed by atoms with Crippen molar-refractivity contribution in [3.63, 3.8) is 0 Å². The lowest BCUT2D eigenvalue weighted by molar-refractivity contribution is -0.132. The monoisotopic (exact) mass is 237 g/mol. The van der Waals surface area contributed by atoms with E-state index >= 15 is 0 Å². The highest BCUT2D eigenvalue weighted by molar-refractivity contribution is 5.79. The molecule has 0 rings (SSSR count). The van der Waals surface area contributed by atoms with E-state index < -0.39 is 18.0 Å². The number of carbonyl (C=O) groups is 2. The molecule has 96 valence electrons. The largest absolute Gasteiger partial charge is 0.478 e. The topological polar surface area (TPSA) is 150 Å². The van der Waals surface area contributed by atoms with Crippen molar-refractivity contribution >= 4 is 11.9 Å². The van der Waals surface area contributed by atoms with E-state index in [1.165, 1.54) is 6.92 Å². The van der Waals surface area contributed by atoms with E-state index in [-0.39, 0.29) is 12.8 Å². The molecule has 0 saturated carbocycles. The van der Waals surface area contributed by atoms with Crippen LogP contribution in [0.25, 0.3) is 0 Å². The quantitative estimate of drug-likeness (QED) is 0.434. The second-order valence-electron chi connectivity index (χ2n) is 2.12. The van der Waals surface area contributed by atoms with Crippen molar-refractivity contribution in [3.8, 4) is 0 Å². The fourth-order valence-electron chi connectivity index (χ4n) is 0. The molecule has 16 heavy (non-hydrogen) atoms. The lowest BCUT2D eigenvalue weighted by atomic mass is 10.5. The number of hydrogen-bond donors (Lipinski definition) is 5. The van der Waals surface area contributed by atoms with E-state index in [2.05, 4.69) is 13.2 Å². The summed E-state index contributed by atoms with van der Waals surface area (Å²) in [5, 5.41) is 31.2. The zero-order valence-electron chi connectivity index (χ0n) is 9.17. The molecule has 0 bridgehead atoms. The van der Waals surface area contributed by atoms with E-state index in [9.17, 15) is 9.59 Å². The normalized spacial score (nSPS) is 8.69. The zero-order valence-corrected chi connectivity index (χ0v) is 9.17. The van der Waals surface area contributed by atoms with Crippen molar-refractivity contribution < 1.29 is 30.0 Å². The molecule has 0 aromatic carbocycles. The van der Waals surface area contributed by atoms with Gasteiger partial charge in [0.2, 0.25) is 0 Å². The molecule has 0 heterocycles. The summed E-state index contributed by atoms with van der Waals surface area (Å²) in [6, 6.07) is 0. The summed E-state index contributed by atoms with van der Waals surface area (Å²) in [6.07, 6.45) is 1.11. The molecule has 0 aromatic heterocycles. The summed E-state index contributed by atoms with van der Waals surface area (Å²) >= 11 is 0. The van der Waals surface area contributed by atoms with Crippen LogP contribution in [0.5, 0.6) is 0 Å². The van der Waals surface area contributed by atoms with Crippen LogP contribution >= 0.6 is 0 Å². The molecule has 0 aliphatic carbocycles. The average Bonchev–Trinajstić information content (AvgIpc) is 2.19. The van der Waals surface area contributed by atoms with Gasteiger partial charge in [0.15, 0.2) is 0 Å². The molecule has 7 N–H and O–H groups in total. The molecule has 0 aliphatic rings. The Morgan fingerprint density at radius 3 is 1.31 bits per heavy atom. The van der Waals surface area contributed by atoms with Gasteiger partial charge in [-0.1, -0.05) is 13.2 Å². The van der Waals surface area contributed by atoms with Crippen molar-refractivity contribution in [2.24, 2.45) is 0 Å². The number of hydrogen-bond acceptors (Lipinski definition) is 5. The lowest BCUT2D eigenvalue weighted by Gasteiger charge is -1.90. The number of carboxylic acids is 2. The van der Waals surface area contributed by atoms with Gasteiger partial charge in [0.1, 0.15) is 0 Å². The van der Waals surface area contributed by atoms with Gasteiger partial charge >= 0.3 is 11.9 Å². The first kappa shape index (κ1) is 23.8. The molecule has 0 aromatic rings. The van der Waals surface area contributed by atoms with Crippen molar-refractivity contribution in [1.29, 1.82) is 0 Å². The maximum absolute atomic E-state index is 9.25. The van der Waals surface area contributed by atoms with Gasteiger partial charge in [0.05, 0.1) is 12.7 Å². The predicted octanol–water partition coefficient (Wildman–Crippen LogP) is 0.0355. The number of aliphatic hydroxyl groups is 2. The van der Waals surface area contributed by atoms with Crippen LogP contribution in [0, 0.1) is 0 Å². The highest BCUT2D eigenvalue weighted by Gasteiger charge is 1.83. The Hall–Kier alpha value is -1.70. The van der Waals surface area contributed by atoms with Crippen LogP contribution in [0.3, 0.4) is 0 Å². The van der Waals surface area contributed by atoms with Gasteiger partial charge in [0.25, 0.3) is 0 Å². The van der Waals surface area contributed by atoms with E-state index in [0.717, 1.165) is 12.2 Å². The molecule has 7 nitrogen and oxygen atoms in total. The summed E-state index contributed by atoms with van der Waals surface area (Å²) in [7, 11) is 0. The van der Waals surface area contributed by atoms with E-state index in [1.54, 1.807) is 0 Å². The fraction of sp³-hybridized carbons (Fsp3) is 0.333. The summed E-state index contributed by atoms with van der Waals surface area (Å²) < 4.78 is 0. The molecule has 0 fully saturated rings. The van der Waals surface area contributed by atoms with Crippen LogP contribution in [-0.4, -0.2) is 45.1 Å². The van der Waals surface area contributed by atoms with Gasteiger partial charge in [-0.25, -0.2) is 9.59 Å². The highest BCUT2D eigenvalue weighted by atomic mass is 16.4.